The van der Waals surface area contributed by atoms with Crippen LogP contribution < -0.4 is 15.4 Å². The maximum atomic E-state index is 12.8. The van der Waals surface area contributed by atoms with Crippen molar-refractivity contribution in [2.24, 2.45) is 22.7 Å². The lowest BCUT2D eigenvalue weighted by atomic mass is 9.53. The lowest BCUT2D eigenvalue weighted by Gasteiger charge is -2.57. The molecular weight excluding hydrogens is 475 g/mol. The molecule has 1 aliphatic heterocycles. The van der Waals surface area contributed by atoms with Crippen LogP contribution in [-0.4, -0.2) is 30.3 Å². The zero-order chi connectivity index (χ0) is 25.6. The molecule has 4 fully saturated rings. The molecule has 0 spiro atoms. The Bertz CT molecular complexity index is 1120. The minimum absolute atomic E-state index is 0.181. The minimum atomic E-state index is -4.71. The van der Waals surface area contributed by atoms with E-state index in [9.17, 15) is 13.2 Å². The average Bonchev–Trinajstić information content (AvgIpc) is 2.82. The van der Waals surface area contributed by atoms with Gasteiger partial charge >= 0.3 is 6.36 Å². The van der Waals surface area contributed by atoms with Crippen LogP contribution in [-0.2, 0) is 6.42 Å². The second-order valence-corrected chi connectivity index (χ2v) is 11.8. The summed E-state index contributed by atoms with van der Waals surface area (Å²) in [6.07, 6.45) is 5.84. The van der Waals surface area contributed by atoms with Crippen LogP contribution in [0.3, 0.4) is 0 Å². The third kappa shape index (κ3) is 5.38. The monoisotopic (exact) mass is 511 g/mol. The number of nitrogens with one attached hydrogen (secondary N) is 2. The molecule has 0 unspecified atom stereocenters. The van der Waals surface area contributed by atoms with Crippen molar-refractivity contribution in [1.82, 2.24) is 5.32 Å². The average molecular weight is 512 g/mol. The molecule has 0 aromatic heterocycles. The number of hydrogen-bond donors (Lipinski definition) is 2. The van der Waals surface area contributed by atoms with Gasteiger partial charge in [-0.3, -0.25) is 10.3 Å². The van der Waals surface area contributed by atoms with E-state index in [1.165, 1.54) is 50.7 Å². The van der Waals surface area contributed by atoms with E-state index in [4.69, 9.17) is 4.99 Å². The van der Waals surface area contributed by atoms with Crippen molar-refractivity contribution in [2.75, 3.05) is 11.9 Å². The molecule has 0 radical (unpaired) electrons. The number of nitrogens with zero attached hydrogens (tertiary/aromatic N) is 1. The van der Waals surface area contributed by atoms with Gasteiger partial charge in [0.25, 0.3) is 0 Å². The zero-order valence-corrected chi connectivity index (χ0v) is 21.4. The molecule has 4 bridgehead atoms. The highest BCUT2D eigenvalue weighted by molar-refractivity contribution is 6.14. The van der Waals surface area contributed by atoms with E-state index in [0.717, 1.165) is 65.2 Å². The molecule has 1 heterocycles. The molecule has 198 valence electrons. The van der Waals surface area contributed by atoms with Crippen LogP contribution in [0.2, 0.25) is 0 Å². The van der Waals surface area contributed by atoms with E-state index in [-0.39, 0.29) is 17.5 Å². The normalized spacial score (nSPS) is 30.1. The molecule has 1 atom stereocenters. The first-order valence-corrected chi connectivity index (χ1v) is 13.9. The second kappa shape index (κ2) is 9.64. The van der Waals surface area contributed by atoms with Gasteiger partial charge in [0, 0.05) is 28.8 Å². The smallest absolute Gasteiger partial charge is 0.406 e. The fourth-order valence-electron chi connectivity index (χ4n) is 7.72. The Morgan fingerprint density at radius 3 is 2.27 bits per heavy atom. The predicted molar refractivity (Wildman–Crippen MR) is 140 cm³/mol. The quantitative estimate of drug-likeness (QED) is 0.373. The Morgan fingerprint density at radius 1 is 0.973 bits per heavy atom. The van der Waals surface area contributed by atoms with Crippen molar-refractivity contribution in [3.63, 3.8) is 0 Å². The largest absolute Gasteiger partial charge is 0.573 e. The first-order chi connectivity index (χ1) is 17.8. The Hall–Kier alpha value is -2.54. The van der Waals surface area contributed by atoms with Crippen molar-refractivity contribution in [1.29, 1.82) is 0 Å². The fourth-order valence-corrected chi connectivity index (χ4v) is 7.72. The summed E-state index contributed by atoms with van der Waals surface area (Å²) >= 11 is 0. The third-order valence-electron chi connectivity index (χ3n) is 8.78. The summed E-state index contributed by atoms with van der Waals surface area (Å²) in [5.74, 6) is 2.47. The molecule has 2 aromatic rings. The van der Waals surface area contributed by atoms with E-state index in [1.54, 1.807) is 6.07 Å². The molecular formula is C30H36F3N3O. The van der Waals surface area contributed by atoms with Gasteiger partial charge in [0.15, 0.2) is 0 Å². The Labute approximate surface area is 217 Å². The van der Waals surface area contributed by atoms with Crippen molar-refractivity contribution < 1.29 is 17.9 Å². The first kappa shape index (κ1) is 24.8. The summed E-state index contributed by atoms with van der Waals surface area (Å²) in [6.45, 7) is 2.95. The van der Waals surface area contributed by atoms with Crippen LogP contribution in [0.25, 0.3) is 0 Å². The zero-order valence-electron chi connectivity index (χ0n) is 21.4. The van der Waals surface area contributed by atoms with Crippen LogP contribution in [0.15, 0.2) is 47.5 Å². The van der Waals surface area contributed by atoms with Gasteiger partial charge in [0.1, 0.15) is 11.9 Å². The number of halogens is 3. The van der Waals surface area contributed by atoms with Gasteiger partial charge in [-0.2, -0.15) is 0 Å². The third-order valence-corrected chi connectivity index (χ3v) is 8.78. The minimum Gasteiger partial charge on any atom is -0.406 e. The van der Waals surface area contributed by atoms with E-state index in [2.05, 4.69) is 46.6 Å². The fraction of sp³-hybridized carbons (Fsp3) is 0.567. The lowest BCUT2D eigenvalue weighted by molar-refractivity contribution is -0.274. The maximum absolute atomic E-state index is 12.8. The summed E-state index contributed by atoms with van der Waals surface area (Å²) in [5.41, 5.74) is 4.86. The lowest BCUT2D eigenvalue weighted by Crippen LogP contribution is -2.54. The standard InChI is InChI=1S/C30H36F3N3O/c1-2-3-10-34-27-15-23-14-25(37-30(31,32)33)8-9-26(23)28(35-27)22-4-6-24(7-5-22)36-29-16-19-11-20(17-29)13-21(12-19)18-29/h4-9,14,19-21,27,34,36H,2-3,10-13,15-18H2,1H3/t19?,20?,21?,27-,29?/m1/s1. The van der Waals surface area contributed by atoms with E-state index < -0.39 is 6.36 Å². The van der Waals surface area contributed by atoms with Crippen molar-refractivity contribution in [3.8, 4) is 5.75 Å². The van der Waals surface area contributed by atoms with E-state index in [1.807, 2.05) is 0 Å². The van der Waals surface area contributed by atoms with Gasteiger partial charge < -0.3 is 10.1 Å². The first-order valence-electron chi connectivity index (χ1n) is 13.9. The van der Waals surface area contributed by atoms with Crippen molar-refractivity contribution >= 4 is 11.4 Å². The molecule has 2 N–H and O–H groups in total. The Morgan fingerprint density at radius 2 is 1.65 bits per heavy atom. The predicted octanol–water partition coefficient (Wildman–Crippen LogP) is 7.08. The summed E-state index contributed by atoms with van der Waals surface area (Å²) in [4.78, 5) is 5.00. The highest BCUT2D eigenvalue weighted by Gasteiger charge is 2.50. The van der Waals surface area contributed by atoms with Gasteiger partial charge in [-0.25, -0.2) is 0 Å². The Kier molecular flexibility index (Phi) is 6.46. The van der Waals surface area contributed by atoms with Gasteiger partial charge in [-0.15, -0.1) is 13.2 Å². The topological polar surface area (TPSA) is 45.6 Å². The molecule has 7 rings (SSSR count). The molecule has 2 aromatic carbocycles. The molecule has 0 saturated heterocycles. The molecule has 7 heteroatoms. The van der Waals surface area contributed by atoms with Crippen molar-refractivity contribution in [2.45, 2.75) is 82.8 Å². The molecule has 4 aliphatic carbocycles. The maximum Gasteiger partial charge on any atom is 0.573 e. The number of anilines is 1. The summed E-state index contributed by atoms with van der Waals surface area (Å²) in [7, 11) is 0. The number of fused-ring (bicyclic) bond motifs is 1. The van der Waals surface area contributed by atoms with E-state index >= 15 is 0 Å². The van der Waals surface area contributed by atoms with Crippen LogP contribution in [0, 0.1) is 17.8 Å². The van der Waals surface area contributed by atoms with Crippen LogP contribution >= 0.6 is 0 Å². The van der Waals surface area contributed by atoms with Crippen LogP contribution in [0.5, 0.6) is 5.75 Å². The van der Waals surface area contributed by atoms with Crippen LogP contribution in [0.1, 0.15) is 75.0 Å². The second-order valence-electron chi connectivity index (χ2n) is 11.8. The molecule has 4 saturated carbocycles. The van der Waals surface area contributed by atoms with Crippen molar-refractivity contribution in [3.05, 3.63) is 59.2 Å². The van der Waals surface area contributed by atoms with Gasteiger partial charge in [0.2, 0.25) is 0 Å². The highest BCUT2D eigenvalue weighted by Crippen LogP contribution is 2.56. The number of aliphatic imine (C=N–C) groups is 1. The van der Waals surface area contributed by atoms with Gasteiger partial charge in [0.05, 0.1) is 5.71 Å². The summed E-state index contributed by atoms with van der Waals surface area (Å²) in [6, 6.07) is 13.1. The van der Waals surface area contributed by atoms with Gasteiger partial charge in [-0.1, -0.05) is 25.5 Å². The van der Waals surface area contributed by atoms with E-state index in [0.29, 0.717) is 6.42 Å². The number of ether oxygens (including phenoxy) is 1. The molecule has 5 aliphatic rings. The van der Waals surface area contributed by atoms with Gasteiger partial charge in [-0.05, 0) is 105 Å². The SMILES string of the molecule is CCCCN[C@H]1Cc2cc(OC(F)(F)F)ccc2C(c2ccc(NC34CC5CC(CC(C5)C3)C4)cc2)=N1. The number of benzene rings is 2. The highest BCUT2D eigenvalue weighted by atomic mass is 19.4. The number of rotatable bonds is 8. The molecule has 0 amide bonds. The van der Waals surface area contributed by atoms with Crippen LogP contribution in [0.4, 0.5) is 18.9 Å². The summed E-state index contributed by atoms with van der Waals surface area (Å²) in [5, 5.41) is 7.40. The molecule has 37 heavy (non-hydrogen) atoms. The number of unbranched alkanes of at least 4 members (excludes halogenated alkanes) is 1. The summed E-state index contributed by atoms with van der Waals surface area (Å²) < 4.78 is 42.7. The Balaban J connectivity index is 1.24. The molecule has 4 nitrogen and oxygen atoms in total. The number of alkyl halides is 3. The number of hydrogen-bond acceptors (Lipinski definition) is 4.